The second-order valence-electron chi connectivity index (χ2n) is 3.56. The van der Waals surface area contributed by atoms with Gasteiger partial charge in [-0.1, -0.05) is 0 Å². The van der Waals surface area contributed by atoms with Crippen LogP contribution in [0.25, 0.3) is 0 Å². The van der Waals surface area contributed by atoms with Crippen molar-refractivity contribution in [3.8, 4) is 0 Å². The number of hydrogen-bond acceptors (Lipinski definition) is 5. The molecule has 2 amide bonds. The van der Waals surface area contributed by atoms with E-state index in [-0.39, 0.29) is 24.8 Å². The van der Waals surface area contributed by atoms with E-state index in [0.717, 1.165) is 0 Å². The molecule has 0 spiro atoms. The molecule has 0 fully saturated rings. The summed E-state index contributed by atoms with van der Waals surface area (Å²) in [6, 6.07) is 0. The van der Waals surface area contributed by atoms with Gasteiger partial charge in [0.15, 0.2) is 5.13 Å². The molecule has 3 N–H and O–H groups in total. The molecule has 6 nitrogen and oxygen atoms in total. The number of hydrogen-bond donors (Lipinski definition) is 2. The maximum Gasteiger partial charge on any atom is 0.239 e. The molecule has 0 bridgehead atoms. The predicted octanol–water partition coefficient (Wildman–Crippen LogP) is -0.138. The van der Waals surface area contributed by atoms with Gasteiger partial charge in [0.25, 0.3) is 0 Å². The molecule has 94 valence electrons. The summed E-state index contributed by atoms with van der Waals surface area (Å²) < 4.78 is 0. The maximum absolute atomic E-state index is 11.7. The first-order chi connectivity index (χ1) is 8.02. The lowest BCUT2D eigenvalue weighted by atomic mass is 10.3. The lowest BCUT2D eigenvalue weighted by Crippen LogP contribution is -2.38. The van der Waals surface area contributed by atoms with Crippen molar-refractivity contribution in [2.45, 2.75) is 13.3 Å². The standard InChI is InChI=1S/C10H16N4O2S/c1-3-12-8(15)5-14(2)9(16)4-7-6-17-10(11)13-7/h6H,3-5H2,1-2H3,(H2,11,13)(H,12,15). The van der Waals surface area contributed by atoms with Gasteiger partial charge in [-0.05, 0) is 6.92 Å². The first-order valence-corrected chi connectivity index (χ1v) is 6.11. The van der Waals surface area contributed by atoms with E-state index in [0.29, 0.717) is 17.4 Å². The Kier molecular flexibility index (Phi) is 4.89. The minimum absolute atomic E-state index is 0.0618. The minimum Gasteiger partial charge on any atom is -0.375 e. The maximum atomic E-state index is 11.7. The summed E-state index contributed by atoms with van der Waals surface area (Å²) in [6.45, 7) is 2.45. The van der Waals surface area contributed by atoms with Crippen LogP contribution in [0.15, 0.2) is 5.38 Å². The summed E-state index contributed by atoms with van der Waals surface area (Å²) in [6.07, 6.45) is 0.170. The van der Waals surface area contributed by atoms with Gasteiger partial charge >= 0.3 is 0 Å². The third kappa shape index (κ3) is 4.39. The quantitative estimate of drug-likeness (QED) is 0.767. The van der Waals surface area contributed by atoms with E-state index in [2.05, 4.69) is 10.3 Å². The van der Waals surface area contributed by atoms with Gasteiger partial charge in [0.1, 0.15) is 0 Å². The summed E-state index contributed by atoms with van der Waals surface area (Å²) in [5, 5.41) is 4.82. The van der Waals surface area contributed by atoms with Crippen LogP contribution in [0, 0.1) is 0 Å². The zero-order valence-corrected chi connectivity index (χ0v) is 10.7. The number of likely N-dealkylation sites (N-methyl/N-ethyl adjacent to an activating group) is 2. The Labute approximate surface area is 104 Å². The number of carbonyl (C=O) groups is 2. The average molecular weight is 256 g/mol. The molecule has 1 rings (SSSR count). The van der Waals surface area contributed by atoms with Crippen molar-refractivity contribution in [3.63, 3.8) is 0 Å². The molecule has 7 heteroatoms. The number of anilines is 1. The average Bonchev–Trinajstić information content (AvgIpc) is 2.64. The van der Waals surface area contributed by atoms with Crippen molar-refractivity contribution in [2.75, 3.05) is 25.9 Å². The molecule has 0 aliphatic carbocycles. The Morgan fingerprint density at radius 3 is 2.82 bits per heavy atom. The summed E-state index contributed by atoms with van der Waals surface area (Å²) in [5.41, 5.74) is 6.11. The van der Waals surface area contributed by atoms with Crippen LogP contribution >= 0.6 is 11.3 Å². The van der Waals surface area contributed by atoms with Crippen molar-refractivity contribution in [3.05, 3.63) is 11.1 Å². The highest BCUT2D eigenvalue weighted by Crippen LogP contribution is 2.11. The Hall–Kier alpha value is -1.63. The van der Waals surface area contributed by atoms with Crippen LogP contribution in [0.2, 0.25) is 0 Å². The molecule has 0 saturated heterocycles. The number of rotatable bonds is 5. The van der Waals surface area contributed by atoms with Crippen LogP contribution < -0.4 is 11.1 Å². The molecule has 1 aromatic heterocycles. The van der Waals surface area contributed by atoms with E-state index < -0.39 is 0 Å². The summed E-state index contributed by atoms with van der Waals surface area (Å²) in [5.74, 6) is -0.317. The number of nitrogens with two attached hydrogens (primary N) is 1. The summed E-state index contributed by atoms with van der Waals surface area (Å²) >= 11 is 1.30. The van der Waals surface area contributed by atoms with Crippen molar-refractivity contribution in [1.82, 2.24) is 15.2 Å². The number of thiazole rings is 1. The van der Waals surface area contributed by atoms with Gasteiger partial charge < -0.3 is 16.0 Å². The fourth-order valence-electron chi connectivity index (χ4n) is 1.25. The number of aromatic nitrogens is 1. The topological polar surface area (TPSA) is 88.3 Å². The zero-order chi connectivity index (χ0) is 12.8. The van der Waals surface area contributed by atoms with E-state index in [9.17, 15) is 9.59 Å². The van der Waals surface area contributed by atoms with Crippen molar-refractivity contribution < 1.29 is 9.59 Å². The second kappa shape index (κ2) is 6.19. The van der Waals surface area contributed by atoms with Crippen LogP contribution in [0.4, 0.5) is 5.13 Å². The van der Waals surface area contributed by atoms with Gasteiger partial charge in [0.05, 0.1) is 18.7 Å². The van der Waals surface area contributed by atoms with Crippen LogP contribution in [-0.4, -0.2) is 41.8 Å². The molecular weight excluding hydrogens is 240 g/mol. The van der Waals surface area contributed by atoms with Gasteiger partial charge in [-0.3, -0.25) is 9.59 Å². The third-order valence-electron chi connectivity index (χ3n) is 2.08. The highest BCUT2D eigenvalue weighted by Gasteiger charge is 2.14. The molecule has 0 aliphatic rings. The molecular formula is C10H16N4O2S. The Balaban J connectivity index is 2.44. The number of nitrogens with one attached hydrogen (secondary N) is 1. The van der Waals surface area contributed by atoms with E-state index in [1.165, 1.54) is 16.2 Å². The summed E-state index contributed by atoms with van der Waals surface area (Å²) in [7, 11) is 1.59. The predicted molar refractivity (Wildman–Crippen MR) is 66.6 cm³/mol. The third-order valence-corrected chi connectivity index (χ3v) is 2.81. The van der Waals surface area contributed by atoms with Crippen LogP contribution in [0.3, 0.4) is 0 Å². The van der Waals surface area contributed by atoms with E-state index in [1.807, 2.05) is 6.92 Å². The molecule has 1 aromatic rings. The van der Waals surface area contributed by atoms with Gasteiger partial charge in [-0.15, -0.1) is 11.3 Å². The van der Waals surface area contributed by atoms with Crippen molar-refractivity contribution in [1.29, 1.82) is 0 Å². The lowest BCUT2D eigenvalue weighted by molar-refractivity contribution is -0.134. The molecule has 0 atom stereocenters. The van der Waals surface area contributed by atoms with Gasteiger partial charge in [0, 0.05) is 19.0 Å². The SMILES string of the molecule is CCNC(=O)CN(C)C(=O)Cc1csc(N)n1. The fraction of sp³-hybridized carbons (Fsp3) is 0.500. The number of nitrogens with zero attached hydrogens (tertiary/aromatic N) is 2. The van der Waals surface area contributed by atoms with Gasteiger partial charge in [-0.25, -0.2) is 4.98 Å². The van der Waals surface area contributed by atoms with Crippen molar-refractivity contribution in [2.24, 2.45) is 0 Å². The second-order valence-corrected chi connectivity index (χ2v) is 4.45. The van der Waals surface area contributed by atoms with Crippen LogP contribution in [-0.2, 0) is 16.0 Å². The Morgan fingerprint density at radius 2 is 2.29 bits per heavy atom. The number of carbonyl (C=O) groups excluding carboxylic acids is 2. The first kappa shape index (κ1) is 13.4. The van der Waals surface area contributed by atoms with E-state index in [4.69, 9.17) is 5.73 Å². The molecule has 0 aromatic carbocycles. The normalized spacial score (nSPS) is 10.0. The van der Waals surface area contributed by atoms with Crippen LogP contribution in [0.1, 0.15) is 12.6 Å². The van der Waals surface area contributed by atoms with E-state index in [1.54, 1.807) is 12.4 Å². The van der Waals surface area contributed by atoms with Crippen LogP contribution in [0.5, 0.6) is 0 Å². The van der Waals surface area contributed by atoms with Gasteiger partial charge in [0.2, 0.25) is 11.8 Å². The fourth-order valence-corrected chi connectivity index (χ4v) is 1.81. The molecule has 17 heavy (non-hydrogen) atoms. The number of nitrogen functional groups attached to an aromatic ring is 1. The number of amides is 2. The molecule has 0 unspecified atom stereocenters. The Bertz CT molecular complexity index is 405. The van der Waals surface area contributed by atoms with E-state index >= 15 is 0 Å². The molecule has 0 radical (unpaired) electrons. The largest absolute Gasteiger partial charge is 0.375 e. The highest BCUT2D eigenvalue weighted by molar-refractivity contribution is 7.13. The van der Waals surface area contributed by atoms with Crippen molar-refractivity contribution >= 4 is 28.3 Å². The summed E-state index contributed by atoms with van der Waals surface area (Å²) in [4.78, 5) is 28.4. The lowest BCUT2D eigenvalue weighted by Gasteiger charge is -2.15. The highest BCUT2D eigenvalue weighted by atomic mass is 32.1. The zero-order valence-electron chi connectivity index (χ0n) is 9.90. The minimum atomic E-state index is -0.166. The smallest absolute Gasteiger partial charge is 0.239 e. The first-order valence-electron chi connectivity index (χ1n) is 5.23. The molecule has 1 heterocycles. The van der Waals surface area contributed by atoms with Gasteiger partial charge in [-0.2, -0.15) is 0 Å². The Morgan fingerprint density at radius 1 is 1.59 bits per heavy atom. The monoisotopic (exact) mass is 256 g/mol. The molecule has 0 aliphatic heterocycles. The molecule has 0 saturated carbocycles.